The Morgan fingerprint density at radius 1 is 1.38 bits per heavy atom. The third-order valence-electron chi connectivity index (χ3n) is 3.33. The molecule has 5 N–H and O–H groups in total. The first-order valence-corrected chi connectivity index (χ1v) is 6.38. The van der Waals surface area contributed by atoms with Gasteiger partial charge in [-0.1, -0.05) is 27.2 Å². The van der Waals surface area contributed by atoms with Crippen molar-refractivity contribution in [1.29, 1.82) is 0 Å². The van der Waals surface area contributed by atoms with E-state index in [-0.39, 0.29) is 35.5 Å². The maximum atomic E-state index is 11.9. The van der Waals surface area contributed by atoms with E-state index in [1.54, 1.807) is 6.92 Å². The fraction of sp³-hybridized carbons (Fsp3) is 0.667. The van der Waals surface area contributed by atoms with Crippen LogP contribution in [0.3, 0.4) is 0 Å². The summed E-state index contributed by atoms with van der Waals surface area (Å²) >= 11 is 0. The second-order valence-electron chi connectivity index (χ2n) is 4.59. The van der Waals surface area contributed by atoms with Gasteiger partial charge in [0, 0.05) is 0 Å². The van der Waals surface area contributed by atoms with Crippen LogP contribution in [0.2, 0.25) is 0 Å². The number of nitrogens with zero attached hydrogens (tertiary/aromatic N) is 1. The molecule has 0 saturated heterocycles. The van der Waals surface area contributed by atoms with Gasteiger partial charge in [0.2, 0.25) is 5.91 Å². The minimum atomic E-state index is -1.15. The van der Waals surface area contributed by atoms with Crippen molar-refractivity contribution in [2.24, 2.45) is 27.8 Å². The van der Waals surface area contributed by atoms with Crippen LogP contribution in [0.5, 0.6) is 0 Å². The van der Waals surface area contributed by atoms with Crippen molar-refractivity contribution in [3.63, 3.8) is 0 Å². The van der Waals surface area contributed by atoms with Crippen molar-refractivity contribution < 1.29 is 49.0 Å². The first-order chi connectivity index (χ1) is 9.22. The monoisotopic (exact) mass is 308 g/mol. The summed E-state index contributed by atoms with van der Waals surface area (Å²) in [6, 6.07) is -1.68. The van der Waals surface area contributed by atoms with E-state index in [1.165, 1.54) is 0 Å². The van der Waals surface area contributed by atoms with Gasteiger partial charge in [-0.3, -0.25) is 9.59 Å². The molecule has 1 aliphatic heterocycles. The molecule has 4 amide bonds. The Morgan fingerprint density at radius 2 is 1.86 bits per heavy atom. The zero-order chi connectivity index (χ0) is 15.9. The number of aliphatic imine (C=N–C) groups is 1. The Morgan fingerprint density at radius 3 is 2.19 bits per heavy atom. The molecule has 0 saturated carbocycles. The molecule has 21 heavy (non-hydrogen) atoms. The summed E-state index contributed by atoms with van der Waals surface area (Å²) in [5, 5.41) is 13.1. The molecule has 1 rings (SSSR count). The maximum absolute atomic E-state index is 11.9. The molecule has 114 valence electrons. The van der Waals surface area contributed by atoms with Crippen molar-refractivity contribution in [3.8, 4) is 0 Å². The van der Waals surface area contributed by atoms with Gasteiger partial charge in [-0.15, -0.1) is 0 Å². The number of hydrogen-bond acceptors (Lipinski definition) is 4. The molecule has 8 nitrogen and oxygen atoms in total. The number of carbonyl (C=O) groups is 3. The molecular weight excluding hydrogens is 287 g/mol. The zero-order valence-corrected chi connectivity index (χ0v) is 14.9. The molecule has 9 heteroatoms. The van der Waals surface area contributed by atoms with E-state index in [1.807, 2.05) is 13.8 Å². The zero-order valence-electron chi connectivity index (χ0n) is 12.9. The molecule has 0 aromatic rings. The Labute approximate surface area is 146 Å². The average Bonchev–Trinajstić information content (AvgIpc) is 2.28. The van der Waals surface area contributed by atoms with Gasteiger partial charge in [0.25, 0.3) is 5.91 Å². The first-order valence-electron chi connectivity index (χ1n) is 6.38. The Kier molecular flexibility index (Phi) is 10.3. The maximum Gasteiger partial charge on any atom is 1.00 e. The number of urea groups is 1. The van der Waals surface area contributed by atoms with E-state index in [0.29, 0.717) is 6.42 Å². The van der Waals surface area contributed by atoms with Gasteiger partial charge in [0.15, 0.2) is 0 Å². The predicted octanol–water partition coefficient (Wildman–Crippen LogP) is -3.78. The van der Waals surface area contributed by atoms with Crippen molar-refractivity contribution in [2.75, 3.05) is 0 Å². The molecule has 0 fully saturated rings. The van der Waals surface area contributed by atoms with E-state index in [0.717, 1.165) is 12.8 Å². The summed E-state index contributed by atoms with van der Waals surface area (Å²) in [7, 11) is 0. The topological polar surface area (TPSA) is 151 Å². The van der Waals surface area contributed by atoms with Gasteiger partial charge in [-0.05, 0) is 18.8 Å². The van der Waals surface area contributed by atoms with E-state index in [4.69, 9.17) is 4.79 Å². The molecule has 0 bridgehead atoms. The van der Waals surface area contributed by atoms with Crippen LogP contribution in [0.1, 0.15) is 40.0 Å². The fourth-order valence-corrected chi connectivity index (χ4v) is 2.30. The number of rotatable bonds is 4. The molecule has 0 radical (unpaired) electrons. The van der Waals surface area contributed by atoms with Gasteiger partial charge < -0.3 is 21.9 Å². The predicted molar refractivity (Wildman–Crippen MR) is 71.2 cm³/mol. The number of hydrogen-bond donors (Lipinski definition) is 3. The minimum Gasteiger partial charge on any atom is -0.846 e. The Bertz CT molecular complexity index is 423. The van der Waals surface area contributed by atoms with Gasteiger partial charge >= 0.3 is 35.6 Å². The van der Waals surface area contributed by atoms with Crippen LogP contribution in [0, 0.1) is 11.3 Å². The third-order valence-corrected chi connectivity index (χ3v) is 3.33. The van der Waals surface area contributed by atoms with Crippen LogP contribution in [-0.4, -0.2) is 23.9 Å². The molecule has 0 aromatic heterocycles. The van der Waals surface area contributed by atoms with Crippen LogP contribution in [0.4, 0.5) is 4.79 Å². The molecule has 1 aliphatic rings. The summed E-state index contributed by atoms with van der Waals surface area (Å²) in [6.45, 7) is 5.62. The molecular formula is C12H21N4NaO4. The van der Waals surface area contributed by atoms with Crippen molar-refractivity contribution in [1.82, 2.24) is 5.32 Å². The standard InChI is InChI=1S/C11H18N2O3.CH4N2O.Na/c1-4-6-7(3)11(5-2)8(14)12-10(16)13-9(11)15;2-1(3)4;/h7H,4-6H2,1-3H3,(H2,12,13,14,15,16);(H4,2,3,4);/q;;+1/p-1. The van der Waals surface area contributed by atoms with Crippen molar-refractivity contribution in [3.05, 3.63) is 0 Å². The first kappa shape index (κ1) is 22.2. The molecule has 0 spiro atoms. The summed E-state index contributed by atoms with van der Waals surface area (Å²) in [5.41, 5.74) is 7.35. The SMILES string of the molecule is CCCC(C)C1(CC)C(=O)N=C([O-])NC1=O.NC(N)=O.[Na+]. The second kappa shape index (κ2) is 9.75. The molecule has 2 atom stereocenters. The summed E-state index contributed by atoms with van der Waals surface area (Å²) in [5.74, 6) is -1.20. The number of amidine groups is 1. The van der Waals surface area contributed by atoms with Gasteiger partial charge in [-0.2, -0.15) is 0 Å². The van der Waals surface area contributed by atoms with E-state index in [2.05, 4.69) is 21.8 Å². The quantitative estimate of drug-likeness (QED) is 0.360. The molecule has 1 heterocycles. The van der Waals surface area contributed by atoms with Crippen LogP contribution < -0.4 is 51.4 Å². The van der Waals surface area contributed by atoms with E-state index in [9.17, 15) is 14.7 Å². The van der Waals surface area contributed by atoms with Crippen LogP contribution in [0.15, 0.2) is 4.99 Å². The smallest absolute Gasteiger partial charge is 0.846 e. The van der Waals surface area contributed by atoms with E-state index < -0.39 is 29.3 Å². The van der Waals surface area contributed by atoms with E-state index >= 15 is 0 Å². The molecule has 2 unspecified atom stereocenters. The summed E-state index contributed by atoms with van der Waals surface area (Å²) in [6.07, 6.45) is 2.02. The fourth-order valence-electron chi connectivity index (χ4n) is 2.30. The van der Waals surface area contributed by atoms with Crippen molar-refractivity contribution in [2.45, 2.75) is 40.0 Å². The number of primary amides is 2. The van der Waals surface area contributed by atoms with Crippen LogP contribution >= 0.6 is 0 Å². The normalized spacial score (nSPS) is 22.0. The minimum absolute atomic E-state index is 0. The summed E-state index contributed by atoms with van der Waals surface area (Å²) in [4.78, 5) is 36.1. The Balaban J connectivity index is 0. The largest absolute Gasteiger partial charge is 1.00 e. The van der Waals surface area contributed by atoms with Crippen molar-refractivity contribution >= 4 is 23.9 Å². The Hall–Kier alpha value is -1.12. The van der Waals surface area contributed by atoms with Crippen LogP contribution in [-0.2, 0) is 9.59 Å². The van der Waals surface area contributed by atoms with Crippen LogP contribution in [0.25, 0.3) is 0 Å². The number of amides is 4. The molecule has 0 aromatic carbocycles. The number of carbonyl (C=O) groups excluding carboxylic acids is 3. The summed E-state index contributed by atoms with van der Waals surface area (Å²) < 4.78 is 0. The molecule has 0 aliphatic carbocycles. The second-order valence-corrected chi connectivity index (χ2v) is 4.59. The van der Waals surface area contributed by atoms with Gasteiger partial charge in [-0.25, -0.2) is 9.79 Å². The number of nitrogens with two attached hydrogens (primary N) is 2. The van der Waals surface area contributed by atoms with Gasteiger partial charge in [0.1, 0.15) is 5.41 Å². The number of nitrogens with one attached hydrogen (secondary N) is 1. The van der Waals surface area contributed by atoms with Gasteiger partial charge in [0.05, 0.1) is 6.02 Å². The third kappa shape index (κ3) is 5.64. The average molecular weight is 308 g/mol.